The van der Waals surface area contributed by atoms with Crippen LogP contribution in [0.3, 0.4) is 0 Å². The molecule has 0 bridgehead atoms. The molecule has 0 saturated carbocycles. The number of nitriles is 1. The van der Waals surface area contributed by atoms with Crippen LogP contribution in [-0.2, 0) is 0 Å². The Morgan fingerprint density at radius 1 is 0.808 bits per heavy atom. The van der Waals surface area contributed by atoms with Crippen LogP contribution >= 0.6 is 0 Å². The van der Waals surface area contributed by atoms with Crippen molar-refractivity contribution in [3.63, 3.8) is 0 Å². The molecule has 0 N–H and O–H groups in total. The average molecular weight is 343 g/mol. The van der Waals surface area contributed by atoms with E-state index in [4.69, 9.17) is 5.26 Å². The highest BCUT2D eigenvalue weighted by Crippen LogP contribution is 2.20. The molecule has 3 aromatic heterocycles. The number of aromatic nitrogens is 4. The molecule has 26 heavy (non-hydrogen) atoms. The number of anilines is 2. The highest BCUT2D eigenvalue weighted by Gasteiger charge is 2.19. The first kappa shape index (κ1) is 16.0. The normalized spacial score (nSPS) is 14.1. The zero-order valence-electron chi connectivity index (χ0n) is 14.2. The maximum atomic E-state index is 9.00. The lowest BCUT2D eigenvalue weighted by Crippen LogP contribution is -2.47. The van der Waals surface area contributed by atoms with Gasteiger partial charge in [0.15, 0.2) is 5.82 Å². The van der Waals surface area contributed by atoms with Gasteiger partial charge in [-0.15, -0.1) is 10.2 Å². The van der Waals surface area contributed by atoms with Crippen molar-refractivity contribution in [1.82, 2.24) is 20.2 Å². The van der Waals surface area contributed by atoms with E-state index in [0.29, 0.717) is 5.69 Å². The van der Waals surface area contributed by atoms with Gasteiger partial charge in [0.1, 0.15) is 17.6 Å². The van der Waals surface area contributed by atoms with E-state index in [1.165, 1.54) is 0 Å². The molecule has 4 heterocycles. The van der Waals surface area contributed by atoms with Crippen LogP contribution in [-0.4, -0.2) is 46.3 Å². The van der Waals surface area contributed by atoms with E-state index in [2.05, 4.69) is 36.0 Å². The van der Waals surface area contributed by atoms with E-state index < -0.39 is 0 Å². The van der Waals surface area contributed by atoms with Gasteiger partial charge >= 0.3 is 0 Å². The van der Waals surface area contributed by atoms with Crippen LogP contribution in [0.1, 0.15) is 5.69 Å². The molecule has 128 valence electrons. The molecule has 1 aliphatic rings. The molecule has 1 saturated heterocycles. The second kappa shape index (κ2) is 7.15. The van der Waals surface area contributed by atoms with Gasteiger partial charge in [-0.2, -0.15) is 5.26 Å². The second-order valence-corrected chi connectivity index (χ2v) is 5.98. The van der Waals surface area contributed by atoms with E-state index in [-0.39, 0.29) is 0 Å². The Labute approximate surface area is 151 Å². The maximum absolute atomic E-state index is 9.00. The molecule has 3 aromatic rings. The van der Waals surface area contributed by atoms with Crippen LogP contribution in [0.15, 0.2) is 54.9 Å². The summed E-state index contributed by atoms with van der Waals surface area (Å²) in [6.07, 6.45) is 3.50. The van der Waals surface area contributed by atoms with Gasteiger partial charge in [0.05, 0.1) is 5.69 Å². The van der Waals surface area contributed by atoms with Gasteiger partial charge in [0.2, 0.25) is 0 Å². The van der Waals surface area contributed by atoms with E-state index in [1.54, 1.807) is 18.5 Å². The lowest BCUT2D eigenvalue weighted by Gasteiger charge is -2.35. The van der Waals surface area contributed by atoms with Crippen molar-refractivity contribution >= 4 is 11.6 Å². The zero-order valence-corrected chi connectivity index (χ0v) is 14.2. The van der Waals surface area contributed by atoms with Crippen molar-refractivity contribution in [2.75, 3.05) is 36.0 Å². The molecule has 0 atom stereocenters. The molecule has 0 unspecified atom stereocenters. The summed E-state index contributed by atoms with van der Waals surface area (Å²) in [6, 6.07) is 15.5. The van der Waals surface area contributed by atoms with Gasteiger partial charge in [-0.3, -0.25) is 4.98 Å². The average Bonchev–Trinajstić information content (AvgIpc) is 2.75. The van der Waals surface area contributed by atoms with Crippen LogP contribution < -0.4 is 9.80 Å². The SMILES string of the molecule is N#Cc1cccc(N2CCN(c3ccc(-c4ccncc4)nn3)CC2)n1. The van der Waals surface area contributed by atoms with Crippen molar-refractivity contribution in [3.8, 4) is 17.3 Å². The highest BCUT2D eigenvalue weighted by molar-refractivity contribution is 5.59. The van der Waals surface area contributed by atoms with E-state index in [1.807, 2.05) is 36.4 Å². The van der Waals surface area contributed by atoms with Gasteiger partial charge < -0.3 is 9.80 Å². The summed E-state index contributed by atoms with van der Waals surface area (Å²) in [7, 11) is 0. The maximum Gasteiger partial charge on any atom is 0.151 e. The molecular weight excluding hydrogens is 326 g/mol. The molecule has 7 nitrogen and oxygen atoms in total. The monoisotopic (exact) mass is 343 g/mol. The molecular formula is C19H17N7. The van der Waals surface area contributed by atoms with Crippen LogP contribution in [0.5, 0.6) is 0 Å². The Hall–Kier alpha value is -3.53. The number of nitrogens with zero attached hydrogens (tertiary/aromatic N) is 7. The third-order valence-electron chi connectivity index (χ3n) is 4.40. The minimum absolute atomic E-state index is 0.447. The summed E-state index contributed by atoms with van der Waals surface area (Å²) in [4.78, 5) is 12.8. The lowest BCUT2D eigenvalue weighted by atomic mass is 10.2. The summed E-state index contributed by atoms with van der Waals surface area (Å²) in [5.41, 5.74) is 2.29. The quantitative estimate of drug-likeness (QED) is 0.720. The molecule has 1 aliphatic heterocycles. The molecule has 0 aromatic carbocycles. The largest absolute Gasteiger partial charge is 0.353 e. The summed E-state index contributed by atoms with van der Waals surface area (Å²) >= 11 is 0. The minimum Gasteiger partial charge on any atom is -0.353 e. The predicted octanol–water partition coefficient (Wildman–Crippen LogP) is 2.13. The first-order chi connectivity index (χ1) is 12.8. The Morgan fingerprint density at radius 3 is 2.19 bits per heavy atom. The van der Waals surface area contributed by atoms with E-state index >= 15 is 0 Å². The van der Waals surface area contributed by atoms with Gasteiger partial charge in [-0.25, -0.2) is 4.98 Å². The Morgan fingerprint density at radius 2 is 1.54 bits per heavy atom. The van der Waals surface area contributed by atoms with Crippen LogP contribution in [0, 0.1) is 11.3 Å². The summed E-state index contributed by atoms with van der Waals surface area (Å²) in [5, 5.41) is 17.7. The standard InChI is InChI=1S/C19H17N7/c20-14-16-2-1-3-18(22-16)25-10-12-26(13-11-25)19-5-4-17(23-24-19)15-6-8-21-9-7-15/h1-9H,10-13H2. The molecule has 0 aliphatic carbocycles. The van der Waals surface area contributed by atoms with Crippen LogP contribution in [0.4, 0.5) is 11.6 Å². The first-order valence-corrected chi connectivity index (χ1v) is 8.45. The van der Waals surface area contributed by atoms with Crippen molar-refractivity contribution < 1.29 is 0 Å². The fourth-order valence-electron chi connectivity index (χ4n) is 3.00. The third-order valence-corrected chi connectivity index (χ3v) is 4.40. The minimum atomic E-state index is 0.447. The molecule has 4 rings (SSSR count). The van der Waals surface area contributed by atoms with Gasteiger partial charge in [0.25, 0.3) is 0 Å². The molecule has 7 heteroatoms. The highest BCUT2D eigenvalue weighted by atomic mass is 15.3. The van der Waals surface area contributed by atoms with Crippen LogP contribution in [0.2, 0.25) is 0 Å². The predicted molar refractivity (Wildman–Crippen MR) is 98.6 cm³/mol. The van der Waals surface area contributed by atoms with E-state index in [9.17, 15) is 0 Å². The molecule has 0 spiro atoms. The van der Waals surface area contributed by atoms with Crippen molar-refractivity contribution in [2.24, 2.45) is 0 Å². The Bertz CT molecular complexity index is 911. The van der Waals surface area contributed by atoms with Crippen LogP contribution in [0.25, 0.3) is 11.3 Å². The summed E-state index contributed by atoms with van der Waals surface area (Å²) in [6.45, 7) is 3.33. The number of pyridine rings is 2. The van der Waals surface area contributed by atoms with E-state index in [0.717, 1.165) is 49.1 Å². The first-order valence-electron chi connectivity index (χ1n) is 8.45. The summed E-state index contributed by atoms with van der Waals surface area (Å²) < 4.78 is 0. The molecule has 1 fully saturated rings. The molecule has 0 amide bonds. The number of hydrogen-bond acceptors (Lipinski definition) is 7. The topological polar surface area (TPSA) is 81.8 Å². The van der Waals surface area contributed by atoms with Crippen molar-refractivity contribution in [2.45, 2.75) is 0 Å². The van der Waals surface area contributed by atoms with Gasteiger partial charge in [0, 0.05) is 44.1 Å². The Kier molecular flexibility index (Phi) is 4.39. The zero-order chi connectivity index (χ0) is 17.8. The smallest absolute Gasteiger partial charge is 0.151 e. The van der Waals surface area contributed by atoms with Gasteiger partial charge in [-0.05, 0) is 36.4 Å². The fraction of sp³-hybridized carbons (Fsp3) is 0.211. The third kappa shape index (κ3) is 3.30. The molecule has 0 radical (unpaired) electrons. The fourth-order valence-corrected chi connectivity index (χ4v) is 3.00. The van der Waals surface area contributed by atoms with Crippen molar-refractivity contribution in [1.29, 1.82) is 5.26 Å². The number of piperazine rings is 1. The van der Waals surface area contributed by atoms with Crippen molar-refractivity contribution in [3.05, 3.63) is 60.6 Å². The summed E-state index contributed by atoms with van der Waals surface area (Å²) in [5.74, 6) is 1.73. The Balaban J connectivity index is 1.42. The number of hydrogen-bond donors (Lipinski definition) is 0. The second-order valence-electron chi connectivity index (χ2n) is 5.98. The number of rotatable bonds is 3. The van der Waals surface area contributed by atoms with Gasteiger partial charge in [-0.1, -0.05) is 6.07 Å². The lowest BCUT2D eigenvalue weighted by molar-refractivity contribution is 0.638.